The molecule has 1 N–H and O–H groups in total. The maximum absolute atomic E-state index is 13.9. The summed E-state index contributed by atoms with van der Waals surface area (Å²) in [4.78, 5) is 0. The van der Waals surface area contributed by atoms with Crippen LogP contribution in [0.1, 0.15) is 38.7 Å². The Morgan fingerprint density at radius 1 is 1.41 bits per heavy atom. The number of aliphatic hydroxyl groups is 1. The number of hydrogen-bond acceptors (Lipinski definition) is 1. The normalized spacial score (nSPS) is 33.7. The number of hydrogen-bond donors (Lipinski definition) is 1. The van der Waals surface area contributed by atoms with Gasteiger partial charge >= 0.3 is 0 Å². The first-order valence-electron chi connectivity index (χ1n) is 6.13. The summed E-state index contributed by atoms with van der Waals surface area (Å²) in [5, 5.41) is 11.1. The van der Waals surface area contributed by atoms with Gasteiger partial charge in [0.15, 0.2) is 0 Å². The molecule has 0 amide bonds. The maximum Gasteiger partial charge on any atom is 0.130 e. The van der Waals surface area contributed by atoms with Gasteiger partial charge < -0.3 is 5.11 Å². The van der Waals surface area contributed by atoms with Crippen molar-refractivity contribution in [3.8, 4) is 0 Å². The summed E-state index contributed by atoms with van der Waals surface area (Å²) >= 11 is 5.74. The van der Waals surface area contributed by atoms with Gasteiger partial charge in [0.2, 0.25) is 0 Å². The quantitative estimate of drug-likeness (QED) is 0.801. The lowest BCUT2D eigenvalue weighted by Gasteiger charge is -2.42. The standard InChI is InChI=1S/C14H18ClFO/c1-9-4-3-7-14(17,10(9)2)12-6-5-11(15)8-13(12)16/h5-6,8-10,17H,3-4,7H2,1-2H3. The Bertz CT molecular complexity index is 421. The Morgan fingerprint density at radius 3 is 2.76 bits per heavy atom. The Labute approximate surface area is 107 Å². The lowest BCUT2D eigenvalue weighted by Crippen LogP contribution is -2.41. The van der Waals surface area contributed by atoms with E-state index in [9.17, 15) is 9.50 Å². The molecule has 3 unspecified atom stereocenters. The van der Waals surface area contributed by atoms with Crippen LogP contribution in [0.15, 0.2) is 18.2 Å². The van der Waals surface area contributed by atoms with Gasteiger partial charge in [-0.3, -0.25) is 0 Å². The Kier molecular flexibility index (Phi) is 3.46. The van der Waals surface area contributed by atoms with Gasteiger partial charge in [0.1, 0.15) is 5.82 Å². The monoisotopic (exact) mass is 256 g/mol. The van der Waals surface area contributed by atoms with Crippen LogP contribution in [-0.2, 0) is 5.60 Å². The van der Waals surface area contributed by atoms with Crippen molar-refractivity contribution in [1.82, 2.24) is 0 Å². The Hall–Kier alpha value is -0.600. The van der Waals surface area contributed by atoms with Crippen molar-refractivity contribution in [1.29, 1.82) is 0 Å². The average Bonchev–Trinajstić information content (AvgIpc) is 2.25. The van der Waals surface area contributed by atoms with Crippen LogP contribution in [-0.4, -0.2) is 5.11 Å². The second kappa shape index (κ2) is 4.58. The molecule has 1 aliphatic rings. The average molecular weight is 257 g/mol. The molecule has 3 atom stereocenters. The highest BCUT2D eigenvalue weighted by molar-refractivity contribution is 6.30. The van der Waals surface area contributed by atoms with Crippen LogP contribution in [0.4, 0.5) is 4.39 Å². The van der Waals surface area contributed by atoms with Crippen molar-refractivity contribution in [2.24, 2.45) is 11.8 Å². The lowest BCUT2D eigenvalue weighted by molar-refractivity contribution is -0.0712. The third-order valence-electron chi connectivity index (χ3n) is 4.22. The minimum Gasteiger partial charge on any atom is -0.385 e. The first-order chi connectivity index (χ1) is 7.95. The van der Waals surface area contributed by atoms with E-state index in [1.807, 2.05) is 6.92 Å². The highest BCUT2D eigenvalue weighted by Gasteiger charge is 2.42. The zero-order chi connectivity index (χ0) is 12.6. The second-order valence-electron chi connectivity index (χ2n) is 5.21. The van der Waals surface area contributed by atoms with E-state index in [0.717, 1.165) is 12.8 Å². The predicted octanol–water partition coefficient (Wildman–Crippen LogP) is 4.12. The van der Waals surface area contributed by atoms with E-state index in [-0.39, 0.29) is 5.92 Å². The molecule has 0 spiro atoms. The summed E-state index contributed by atoms with van der Waals surface area (Å²) in [7, 11) is 0. The molecule has 0 aromatic heterocycles. The molecular weight excluding hydrogens is 239 g/mol. The summed E-state index contributed by atoms with van der Waals surface area (Å²) in [6.45, 7) is 4.11. The highest BCUT2D eigenvalue weighted by Crippen LogP contribution is 2.45. The molecule has 94 valence electrons. The summed E-state index contributed by atoms with van der Waals surface area (Å²) in [5.41, 5.74) is -0.659. The number of benzene rings is 1. The molecule has 0 saturated heterocycles. The fourth-order valence-corrected chi connectivity index (χ4v) is 3.02. The zero-order valence-electron chi connectivity index (χ0n) is 10.2. The van der Waals surface area contributed by atoms with E-state index in [2.05, 4.69) is 6.92 Å². The van der Waals surface area contributed by atoms with Crippen molar-refractivity contribution in [3.63, 3.8) is 0 Å². The summed E-state index contributed by atoms with van der Waals surface area (Å²) in [6, 6.07) is 4.54. The van der Waals surface area contributed by atoms with Crippen LogP contribution in [0.5, 0.6) is 0 Å². The molecule has 17 heavy (non-hydrogen) atoms. The lowest BCUT2D eigenvalue weighted by atomic mass is 9.67. The third kappa shape index (κ3) is 2.21. The number of rotatable bonds is 1. The van der Waals surface area contributed by atoms with Gasteiger partial charge in [0.05, 0.1) is 5.60 Å². The minimum atomic E-state index is -1.05. The molecule has 2 rings (SSSR count). The van der Waals surface area contributed by atoms with E-state index in [0.29, 0.717) is 22.9 Å². The van der Waals surface area contributed by atoms with E-state index in [4.69, 9.17) is 11.6 Å². The predicted molar refractivity (Wildman–Crippen MR) is 67.5 cm³/mol. The van der Waals surface area contributed by atoms with Crippen LogP contribution in [0.25, 0.3) is 0 Å². The molecule has 1 aromatic rings. The summed E-state index contributed by atoms with van der Waals surface area (Å²) in [5.74, 6) is 0.0664. The van der Waals surface area contributed by atoms with E-state index in [1.165, 1.54) is 6.07 Å². The van der Waals surface area contributed by atoms with Crippen molar-refractivity contribution >= 4 is 11.6 Å². The molecule has 1 aromatic carbocycles. The fraction of sp³-hybridized carbons (Fsp3) is 0.571. The third-order valence-corrected chi connectivity index (χ3v) is 4.46. The molecule has 0 radical (unpaired) electrons. The molecule has 1 fully saturated rings. The van der Waals surface area contributed by atoms with Gasteiger partial charge in [0, 0.05) is 10.6 Å². The van der Waals surface area contributed by atoms with E-state index >= 15 is 0 Å². The molecule has 1 aliphatic carbocycles. The van der Waals surface area contributed by atoms with Gasteiger partial charge in [-0.25, -0.2) is 4.39 Å². The van der Waals surface area contributed by atoms with Crippen molar-refractivity contribution in [2.45, 2.75) is 38.7 Å². The second-order valence-corrected chi connectivity index (χ2v) is 5.64. The highest BCUT2D eigenvalue weighted by atomic mass is 35.5. The van der Waals surface area contributed by atoms with Crippen molar-refractivity contribution in [2.75, 3.05) is 0 Å². The van der Waals surface area contributed by atoms with Crippen LogP contribution in [0.3, 0.4) is 0 Å². The van der Waals surface area contributed by atoms with Crippen LogP contribution < -0.4 is 0 Å². The summed E-state index contributed by atoms with van der Waals surface area (Å²) in [6.07, 6.45) is 2.65. The van der Waals surface area contributed by atoms with Crippen molar-refractivity contribution < 1.29 is 9.50 Å². The Morgan fingerprint density at radius 2 is 2.12 bits per heavy atom. The first kappa shape index (κ1) is 12.8. The molecule has 0 aliphatic heterocycles. The van der Waals surface area contributed by atoms with Gasteiger partial charge in [-0.05, 0) is 36.8 Å². The smallest absolute Gasteiger partial charge is 0.130 e. The van der Waals surface area contributed by atoms with E-state index in [1.54, 1.807) is 12.1 Å². The van der Waals surface area contributed by atoms with Gasteiger partial charge in [0.25, 0.3) is 0 Å². The van der Waals surface area contributed by atoms with Crippen LogP contribution in [0.2, 0.25) is 5.02 Å². The van der Waals surface area contributed by atoms with Gasteiger partial charge in [-0.1, -0.05) is 37.9 Å². The van der Waals surface area contributed by atoms with Gasteiger partial charge in [-0.2, -0.15) is 0 Å². The molecule has 0 heterocycles. The molecule has 0 bridgehead atoms. The molecule has 3 heteroatoms. The molecular formula is C14H18ClFO. The summed E-state index contributed by atoms with van der Waals surface area (Å²) < 4.78 is 13.9. The maximum atomic E-state index is 13.9. The molecule has 1 saturated carbocycles. The minimum absolute atomic E-state index is 0.0620. The molecule has 1 nitrogen and oxygen atoms in total. The van der Waals surface area contributed by atoms with Gasteiger partial charge in [-0.15, -0.1) is 0 Å². The Balaban J connectivity index is 2.42. The largest absolute Gasteiger partial charge is 0.385 e. The van der Waals surface area contributed by atoms with Crippen LogP contribution >= 0.6 is 11.6 Å². The van der Waals surface area contributed by atoms with E-state index < -0.39 is 11.4 Å². The SMILES string of the molecule is CC1CCCC(O)(c2ccc(Cl)cc2F)C1C. The topological polar surface area (TPSA) is 20.2 Å². The van der Waals surface area contributed by atoms with Crippen LogP contribution in [0, 0.1) is 17.7 Å². The van der Waals surface area contributed by atoms with Crippen molar-refractivity contribution in [3.05, 3.63) is 34.6 Å². The first-order valence-corrected chi connectivity index (χ1v) is 6.51. The fourth-order valence-electron chi connectivity index (χ4n) is 2.86. The zero-order valence-corrected chi connectivity index (χ0v) is 11.0. The number of halogens is 2.